The van der Waals surface area contributed by atoms with Crippen LogP contribution in [0.5, 0.6) is 5.75 Å². The van der Waals surface area contributed by atoms with E-state index in [1.54, 1.807) is 13.2 Å². The summed E-state index contributed by atoms with van der Waals surface area (Å²) in [6.07, 6.45) is 0. The predicted octanol–water partition coefficient (Wildman–Crippen LogP) is 4.18. The summed E-state index contributed by atoms with van der Waals surface area (Å²) in [5, 5.41) is 14.6. The number of ether oxygens (including phenoxy) is 1. The molecule has 1 N–H and O–H groups in total. The van der Waals surface area contributed by atoms with Crippen molar-refractivity contribution in [2.75, 3.05) is 12.4 Å². The molecule has 0 spiro atoms. The van der Waals surface area contributed by atoms with Crippen LogP contribution in [0.2, 0.25) is 5.02 Å². The predicted molar refractivity (Wildman–Crippen MR) is 83.2 cm³/mol. The van der Waals surface area contributed by atoms with Gasteiger partial charge in [0.25, 0.3) is 5.69 Å². The number of rotatable bonds is 5. The molecule has 0 fully saturated rings. The van der Waals surface area contributed by atoms with Gasteiger partial charge in [-0.2, -0.15) is 0 Å². The molecule has 2 rings (SSSR count). The maximum absolute atomic E-state index is 11.0. The van der Waals surface area contributed by atoms with E-state index in [1.807, 2.05) is 25.1 Å². The molecule has 6 heteroatoms. The molecule has 0 saturated heterocycles. The molecule has 0 amide bonds. The Balaban J connectivity index is 2.18. The van der Waals surface area contributed by atoms with Crippen molar-refractivity contribution in [1.29, 1.82) is 0 Å². The van der Waals surface area contributed by atoms with E-state index in [2.05, 4.69) is 5.32 Å². The minimum atomic E-state index is -0.410. The topological polar surface area (TPSA) is 64.4 Å². The van der Waals surface area contributed by atoms with Crippen molar-refractivity contribution in [3.63, 3.8) is 0 Å². The minimum absolute atomic E-state index is 0.0529. The Hall–Kier alpha value is -2.27. The fraction of sp³-hybridized carbons (Fsp3) is 0.200. The van der Waals surface area contributed by atoms with Gasteiger partial charge in [-0.15, -0.1) is 0 Å². The van der Waals surface area contributed by atoms with Crippen LogP contribution in [0.25, 0.3) is 0 Å². The number of hydrogen-bond donors (Lipinski definition) is 1. The summed E-state index contributed by atoms with van der Waals surface area (Å²) >= 11 is 5.90. The smallest absolute Gasteiger partial charge is 0.274 e. The van der Waals surface area contributed by atoms with Gasteiger partial charge in [-0.25, -0.2) is 0 Å². The van der Waals surface area contributed by atoms with Gasteiger partial charge in [-0.3, -0.25) is 10.1 Å². The summed E-state index contributed by atoms with van der Waals surface area (Å²) in [4.78, 5) is 10.6. The molecule has 0 aliphatic heterocycles. The molecule has 0 aliphatic rings. The summed E-state index contributed by atoms with van der Waals surface area (Å²) in [6.45, 7) is 2.26. The lowest BCUT2D eigenvalue weighted by molar-refractivity contribution is -0.385. The van der Waals surface area contributed by atoms with E-state index in [0.29, 0.717) is 17.1 Å². The number of halogens is 1. The zero-order valence-electron chi connectivity index (χ0n) is 11.7. The minimum Gasteiger partial charge on any atom is -0.496 e. The third-order valence-electron chi connectivity index (χ3n) is 3.12. The van der Waals surface area contributed by atoms with Crippen molar-refractivity contribution in [2.24, 2.45) is 0 Å². The Morgan fingerprint density at radius 2 is 2.05 bits per heavy atom. The van der Waals surface area contributed by atoms with E-state index in [9.17, 15) is 10.1 Å². The Morgan fingerprint density at radius 3 is 2.67 bits per heavy atom. The van der Waals surface area contributed by atoms with E-state index in [1.165, 1.54) is 12.1 Å². The second kappa shape index (κ2) is 6.45. The molecule has 0 saturated carbocycles. The van der Waals surface area contributed by atoms with E-state index >= 15 is 0 Å². The molecule has 2 aromatic carbocycles. The molecular formula is C15H15ClN2O3. The monoisotopic (exact) mass is 306 g/mol. The van der Waals surface area contributed by atoms with Gasteiger partial charge in [-0.05, 0) is 42.8 Å². The highest BCUT2D eigenvalue weighted by molar-refractivity contribution is 6.30. The van der Waals surface area contributed by atoms with Crippen molar-refractivity contribution >= 4 is 23.0 Å². The van der Waals surface area contributed by atoms with Crippen LogP contribution in [0, 0.1) is 17.0 Å². The number of hydrogen-bond acceptors (Lipinski definition) is 4. The third-order valence-corrected chi connectivity index (χ3v) is 3.35. The molecule has 0 aromatic heterocycles. The van der Waals surface area contributed by atoms with Crippen LogP contribution in [-0.2, 0) is 6.54 Å². The molecule has 0 aliphatic carbocycles. The lowest BCUT2D eigenvalue weighted by Crippen LogP contribution is -2.03. The zero-order valence-corrected chi connectivity index (χ0v) is 12.5. The van der Waals surface area contributed by atoms with E-state index < -0.39 is 4.92 Å². The van der Waals surface area contributed by atoms with Gasteiger partial charge in [0, 0.05) is 23.3 Å². The Morgan fingerprint density at radius 1 is 1.29 bits per heavy atom. The third kappa shape index (κ3) is 3.64. The highest BCUT2D eigenvalue weighted by Gasteiger charge is 2.13. The molecule has 0 heterocycles. The fourth-order valence-corrected chi connectivity index (χ4v) is 2.25. The molecular weight excluding hydrogens is 292 g/mol. The van der Waals surface area contributed by atoms with Crippen LogP contribution >= 0.6 is 11.6 Å². The first-order valence-corrected chi connectivity index (χ1v) is 6.70. The van der Waals surface area contributed by atoms with Crippen LogP contribution in [0.15, 0.2) is 36.4 Å². The van der Waals surface area contributed by atoms with Crippen LogP contribution < -0.4 is 10.1 Å². The van der Waals surface area contributed by atoms with Crippen LogP contribution in [0.4, 0.5) is 11.4 Å². The normalized spacial score (nSPS) is 10.2. The van der Waals surface area contributed by atoms with Gasteiger partial charge in [-0.1, -0.05) is 11.6 Å². The van der Waals surface area contributed by atoms with Gasteiger partial charge in [0.1, 0.15) is 5.75 Å². The fourth-order valence-electron chi connectivity index (χ4n) is 2.06. The first kappa shape index (κ1) is 15.1. The second-order valence-electron chi connectivity index (χ2n) is 4.57. The molecule has 0 radical (unpaired) electrons. The molecule has 0 unspecified atom stereocenters. The molecule has 0 bridgehead atoms. The highest BCUT2D eigenvalue weighted by Crippen LogP contribution is 2.25. The molecule has 5 nitrogen and oxygen atoms in total. The average Bonchev–Trinajstić information content (AvgIpc) is 2.45. The largest absolute Gasteiger partial charge is 0.496 e. The number of aryl methyl sites for hydroxylation is 1. The molecule has 21 heavy (non-hydrogen) atoms. The van der Waals surface area contributed by atoms with Crippen molar-refractivity contribution in [2.45, 2.75) is 13.5 Å². The van der Waals surface area contributed by atoms with Gasteiger partial charge in [0.05, 0.1) is 17.6 Å². The lowest BCUT2D eigenvalue weighted by Gasteiger charge is -2.10. The van der Waals surface area contributed by atoms with E-state index in [0.717, 1.165) is 17.0 Å². The van der Waals surface area contributed by atoms with Crippen molar-refractivity contribution in [3.05, 3.63) is 62.7 Å². The number of nitrogens with zero attached hydrogens (tertiary/aromatic N) is 1. The first-order valence-electron chi connectivity index (χ1n) is 6.32. The summed E-state index contributed by atoms with van der Waals surface area (Å²) in [6, 6.07) is 10.2. The quantitative estimate of drug-likeness (QED) is 0.665. The number of anilines is 1. The summed E-state index contributed by atoms with van der Waals surface area (Å²) in [5.41, 5.74) is 2.45. The van der Waals surface area contributed by atoms with Crippen LogP contribution in [0.3, 0.4) is 0 Å². The maximum Gasteiger partial charge on any atom is 0.274 e. The molecule has 110 valence electrons. The highest BCUT2D eigenvalue weighted by atomic mass is 35.5. The van der Waals surface area contributed by atoms with Crippen LogP contribution in [0.1, 0.15) is 11.1 Å². The Kier molecular flexibility index (Phi) is 4.65. The molecule has 2 aromatic rings. The SMILES string of the molecule is COc1ccc(NCc2cc(Cl)ccc2[N+](=O)[O-])cc1C. The number of nitro benzene ring substituents is 1. The van der Waals surface area contributed by atoms with E-state index in [-0.39, 0.29) is 5.69 Å². The number of methoxy groups -OCH3 is 1. The van der Waals surface area contributed by atoms with E-state index in [4.69, 9.17) is 16.3 Å². The van der Waals surface area contributed by atoms with Crippen molar-refractivity contribution < 1.29 is 9.66 Å². The summed E-state index contributed by atoms with van der Waals surface area (Å²) in [7, 11) is 1.62. The zero-order chi connectivity index (χ0) is 15.4. The summed E-state index contributed by atoms with van der Waals surface area (Å²) < 4.78 is 5.19. The van der Waals surface area contributed by atoms with Gasteiger partial charge in [0.2, 0.25) is 0 Å². The number of nitrogens with one attached hydrogen (secondary N) is 1. The van der Waals surface area contributed by atoms with Crippen LogP contribution in [-0.4, -0.2) is 12.0 Å². The van der Waals surface area contributed by atoms with Crippen molar-refractivity contribution in [3.8, 4) is 5.75 Å². The number of nitro groups is 1. The Bertz CT molecular complexity index is 674. The Labute approximate surface area is 127 Å². The standard InChI is InChI=1S/C15H15ClN2O3/c1-10-7-13(4-6-15(10)21-2)17-9-11-8-12(16)3-5-14(11)18(19)20/h3-8,17H,9H2,1-2H3. The second-order valence-corrected chi connectivity index (χ2v) is 5.00. The molecule has 0 atom stereocenters. The van der Waals surface area contributed by atoms with Gasteiger partial charge < -0.3 is 10.1 Å². The van der Waals surface area contributed by atoms with Gasteiger partial charge in [0.15, 0.2) is 0 Å². The average molecular weight is 307 g/mol. The van der Waals surface area contributed by atoms with Crippen molar-refractivity contribution in [1.82, 2.24) is 0 Å². The first-order chi connectivity index (χ1) is 10.0. The lowest BCUT2D eigenvalue weighted by atomic mass is 10.1. The van der Waals surface area contributed by atoms with Gasteiger partial charge >= 0.3 is 0 Å². The number of benzene rings is 2. The maximum atomic E-state index is 11.0. The summed E-state index contributed by atoms with van der Waals surface area (Å²) in [5.74, 6) is 0.800.